The molecule has 4 N–H and O–H groups in total. The van der Waals surface area contributed by atoms with Gasteiger partial charge in [0.25, 0.3) is 11.8 Å². The zero-order valence-electron chi connectivity index (χ0n) is 31.2. The Morgan fingerprint density at radius 1 is 0.831 bits per heavy atom. The monoisotopic (exact) mass is 811 g/mol. The SMILES string of the molecule is O=C1C2CC3C(=CCC4C(=O)N(c5cccc(B(O)O)c5)C(=O)C43)C(c3ccc(OCc4ccccc4)cc3O)C2(c2ccc(Cl)cc2)C(=O)N1Nc1ccc(F)cc1. The molecule has 9 rings (SSSR count). The molecule has 6 unspecified atom stereocenters. The number of hydrazine groups is 1. The average molecular weight is 812 g/mol. The second-order valence-corrected chi connectivity index (χ2v) is 15.8. The molecule has 2 aliphatic heterocycles. The highest BCUT2D eigenvalue weighted by atomic mass is 35.5. The number of ether oxygens (including phenoxy) is 1. The van der Waals surface area contributed by atoms with E-state index >= 15 is 4.79 Å². The van der Waals surface area contributed by atoms with Gasteiger partial charge in [0, 0.05) is 22.6 Å². The van der Waals surface area contributed by atoms with Gasteiger partial charge in [-0.05, 0) is 89.9 Å². The van der Waals surface area contributed by atoms with E-state index in [-0.39, 0.29) is 42.0 Å². The number of nitrogens with one attached hydrogen (secondary N) is 1. The molecule has 0 aromatic heterocycles. The number of phenols is 1. The molecular weight excluding hydrogens is 776 g/mol. The third-order valence-corrected chi connectivity index (χ3v) is 12.5. The van der Waals surface area contributed by atoms with Crippen LogP contribution in [0.4, 0.5) is 15.8 Å². The fraction of sp³-hybridized carbons (Fsp3) is 0.200. The van der Waals surface area contributed by atoms with Crippen molar-refractivity contribution in [1.29, 1.82) is 0 Å². The normalized spacial score (nSPS) is 24.7. The van der Waals surface area contributed by atoms with Crippen LogP contribution in [0.1, 0.15) is 35.4 Å². The van der Waals surface area contributed by atoms with Gasteiger partial charge in [0.2, 0.25) is 11.8 Å². The summed E-state index contributed by atoms with van der Waals surface area (Å²) in [4.78, 5) is 60.2. The number of amides is 4. The van der Waals surface area contributed by atoms with E-state index in [1.807, 2.05) is 36.4 Å². The largest absolute Gasteiger partial charge is 0.508 e. The molecule has 2 aliphatic carbocycles. The third kappa shape index (κ3) is 6.28. The van der Waals surface area contributed by atoms with Crippen molar-refractivity contribution in [3.8, 4) is 11.5 Å². The predicted molar refractivity (Wildman–Crippen MR) is 217 cm³/mol. The first-order valence-electron chi connectivity index (χ1n) is 19.2. The van der Waals surface area contributed by atoms with E-state index in [2.05, 4.69) is 5.43 Å². The summed E-state index contributed by atoms with van der Waals surface area (Å²) in [6.07, 6.45) is 1.97. The number of hydrogen-bond acceptors (Lipinski definition) is 9. The average Bonchev–Trinajstić information content (AvgIpc) is 3.62. The molecular formula is C45H36BClFN3O8. The molecule has 14 heteroatoms. The molecule has 4 aliphatic rings. The highest BCUT2D eigenvalue weighted by Gasteiger charge is 2.70. The van der Waals surface area contributed by atoms with E-state index in [1.54, 1.807) is 42.5 Å². The highest BCUT2D eigenvalue weighted by molar-refractivity contribution is 6.58. The summed E-state index contributed by atoms with van der Waals surface area (Å²) in [6, 6.07) is 32.0. The molecule has 2 heterocycles. The number of anilines is 2. The van der Waals surface area contributed by atoms with Gasteiger partial charge in [0.05, 0.1) is 34.5 Å². The summed E-state index contributed by atoms with van der Waals surface area (Å²) < 4.78 is 20.0. The van der Waals surface area contributed by atoms with Crippen molar-refractivity contribution < 1.29 is 43.5 Å². The minimum Gasteiger partial charge on any atom is -0.508 e. The second kappa shape index (κ2) is 14.8. The number of carbonyl (C=O) groups excluding carboxylic acids is 4. The van der Waals surface area contributed by atoms with Crippen LogP contribution in [0.25, 0.3) is 0 Å². The zero-order chi connectivity index (χ0) is 41.2. The molecule has 1 saturated carbocycles. The van der Waals surface area contributed by atoms with Gasteiger partial charge in [0.15, 0.2) is 0 Å². The lowest BCUT2D eigenvalue weighted by atomic mass is 9.49. The van der Waals surface area contributed by atoms with Crippen molar-refractivity contribution in [1.82, 2.24) is 5.01 Å². The number of hydrogen-bond donors (Lipinski definition) is 4. The number of carbonyl (C=O) groups is 4. The van der Waals surface area contributed by atoms with Crippen LogP contribution in [0, 0.1) is 29.5 Å². The minimum absolute atomic E-state index is 0.0143. The molecule has 0 bridgehead atoms. The molecule has 3 fully saturated rings. The molecule has 5 aromatic rings. The lowest BCUT2D eigenvalue weighted by Gasteiger charge is -2.50. The summed E-state index contributed by atoms with van der Waals surface area (Å²) in [5.74, 6) is -7.29. The zero-order valence-corrected chi connectivity index (χ0v) is 32.0. The number of benzene rings is 5. The Hall–Kier alpha value is -6.28. The van der Waals surface area contributed by atoms with Gasteiger partial charge in [-0.1, -0.05) is 83.9 Å². The van der Waals surface area contributed by atoms with Crippen molar-refractivity contribution in [2.45, 2.75) is 30.8 Å². The lowest BCUT2D eigenvalue weighted by molar-refractivity contribution is -0.138. The first-order valence-corrected chi connectivity index (χ1v) is 19.5. The highest BCUT2D eigenvalue weighted by Crippen LogP contribution is 2.65. The van der Waals surface area contributed by atoms with E-state index in [0.29, 0.717) is 27.5 Å². The van der Waals surface area contributed by atoms with E-state index in [9.17, 15) is 33.9 Å². The van der Waals surface area contributed by atoms with Crippen molar-refractivity contribution in [3.05, 3.63) is 161 Å². The van der Waals surface area contributed by atoms with Gasteiger partial charge in [0.1, 0.15) is 23.9 Å². The summed E-state index contributed by atoms with van der Waals surface area (Å²) >= 11 is 6.40. The smallest absolute Gasteiger partial charge is 0.488 e. The second-order valence-electron chi connectivity index (χ2n) is 15.3. The fourth-order valence-electron chi connectivity index (χ4n) is 9.68. The van der Waals surface area contributed by atoms with Crippen molar-refractivity contribution in [3.63, 3.8) is 0 Å². The van der Waals surface area contributed by atoms with Gasteiger partial charge < -0.3 is 19.9 Å². The first-order chi connectivity index (χ1) is 28.5. The quantitative estimate of drug-likeness (QED) is 0.0842. The molecule has 296 valence electrons. The van der Waals surface area contributed by atoms with Crippen LogP contribution in [0.2, 0.25) is 5.02 Å². The van der Waals surface area contributed by atoms with E-state index in [0.717, 1.165) is 15.5 Å². The number of imide groups is 2. The van der Waals surface area contributed by atoms with Gasteiger partial charge in [-0.25, -0.2) is 4.39 Å². The maximum Gasteiger partial charge on any atom is 0.488 e. The molecule has 11 nitrogen and oxygen atoms in total. The van der Waals surface area contributed by atoms with E-state index in [1.165, 1.54) is 48.5 Å². The van der Waals surface area contributed by atoms with Crippen LogP contribution in [0.5, 0.6) is 11.5 Å². The lowest BCUT2D eigenvalue weighted by Crippen LogP contribution is -2.53. The summed E-state index contributed by atoms with van der Waals surface area (Å²) in [5.41, 5.74) is 4.02. The van der Waals surface area contributed by atoms with Crippen LogP contribution in [-0.2, 0) is 31.2 Å². The van der Waals surface area contributed by atoms with Gasteiger partial charge in [-0.3, -0.25) is 29.5 Å². The fourth-order valence-corrected chi connectivity index (χ4v) is 9.80. The molecule has 5 aromatic carbocycles. The Morgan fingerprint density at radius 3 is 2.29 bits per heavy atom. The molecule has 2 saturated heterocycles. The van der Waals surface area contributed by atoms with E-state index < -0.39 is 71.6 Å². The van der Waals surface area contributed by atoms with Crippen LogP contribution < -0.4 is 20.5 Å². The maximum atomic E-state index is 15.4. The molecule has 4 amide bonds. The topological polar surface area (TPSA) is 157 Å². The van der Waals surface area contributed by atoms with Crippen molar-refractivity contribution >= 4 is 59.2 Å². The van der Waals surface area contributed by atoms with Gasteiger partial charge >= 0.3 is 7.12 Å². The summed E-state index contributed by atoms with van der Waals surface area (Å²) in [7, 11) is -1.83. The minimum atomic E-state index is -1.83. The number of fused-ring (bicyclic) bond motifs is 4. The maximum absolute atomic E-state index is 15.4. The summed E-state index contributed by atoms with van der Waals surface area (Å²) in [5, 5.41) is 33.1. The molecule has 0 radical (unpaired) electrons. The Labute approximate surface area is 343 Å². The molecule has 59 heavy (non-hydrogen) atoms. The Morgan fingerprint density at radius 2 is 1.58 bits per heavy atom. The number of rotatable bonds is 9. The standard InChI is InChI=1S/C45H36BClFN3O8/c47-28-11-9-26(10-12-28)45-37(42(54)51(44(45)56)49-30-15-13-29(48)14-16-30)23-36-33(40(45)34-18-17-32(22-38(34)52)59-24-25-5-2-1-3-6-25)19-20-35-39(36)43(55)50(41(35)53)31-8-4-7-27(21-31)46(57)58/h1-19,21-22,35-37,39-40,49,52,57-58H,20,23-24H2. The van der Waals surface area contributed by atoms with Crippen LogP contribution in [0.3, 0.4) is 0 Å². The van der Waals surface area contributed by atoms with Crippen LogP contribution >= 0.6 is 11.6 Å². The van der Waals surface area contributed by atoms with Crippen LogP contribution in [0.15, 0.2) is 133 Å². The molecule has 6 atom stereocenters. The number of aromatic hydroxyl groups is 1. The Kier molecular flexibility index (Phi) is 9.62. The van der Waals surface area contributed by atoms with Gasteiger partial charge in [-0.2, -0.15) is 5.01 Å². The Balaban J connectivity index is 1.20. The third-order valence-electron chi connectivity index (χ3n) is 12.2. The van der Waals surface area contributed by atoms with Crippen molar-refractivity contribution in [2.24, 2.45) is 23.7 Å². The number of nitrogens with zero attached hydrogens (tertiary/aromatic N) is 2. The van der Waals surface area contributed by atoms with E-state index in [4.69, 9.17) is 16.3 Å². The number of halogens is 2. The molecule has 0 spiro atoms. The predicted octanol–water partition coefficient (Wildman–Crippen LogP) is 5.63. The summed E-state index contributed by atoms with van der Waals surface area (Å²) in [6.45, 7) is 0.222. The first kappa shape index (κ1) is 38.3. The Bertz CT molecular complexity index is 2540. The van der Waals surface area contributed by atoms with Crippen molar-refractivity contribution in [2.75, 3.05) is 10.3 Å². The van der Waals surface area contributed by atoms with Gasteiger partial charge in [-0.15, -0.1) is 0 Å². The number of allylic oxidation sites excluding steroid dienone is 2. The number of phenolic OH excluding ortho intramolecular Hbond substituents is 1. The van der Waals surface area contributed by atoms with Crippen LogP contribution in [-0.4, -0.2) is 50.9 Å².